The summed E-state index contributed by atoms with van der Waals surface area (Å²) in [6, 6.07) is 15.6. The van der Waals surface area contributed by atoms with Crippen LogP contribution in [0, 0.1) is 17.5 Å². The lowest BCUT2D eigenvalue weighted by molar-refractivity contribution is 0.407. The van der Waals surface area contributed by atoms with Crippen LogP contribution in [0.5, 0.6) is 5.75 Å². The first kappa shape index (κ1) is 18.5. The first-order valence-electron chi connectivity index (χ1n) is 9.01. The maximum absolute atomic E-state index is 14.9. The number of hydrogen-bond acceptors (Lipinski definition) is 4. The summed E-state index contributed by atoms with van der Waals surface area (Å²) in [5, 5.41) is 3.16. The van der Waals surface area contributed by atoms with Gasteiger partial charge in [-0.2, -0.15) is 0 Å². The van der Waals surface area contributed by atoms with Gasteiger partial charge in [-0.15, -0.1) is 0 Å². The molecule has 0 unspecified atom stereocenters. The highest BCUT2D eigenvalue weighted by molar-refractivity contribution is 7.23. The van der Waals surface area contributed by atoms with Gasteiger partial charge >= 0.3 is 0 Å². The average molecular weight is 425 g/mol. The van der Waals surface area contributed by atoms with E-state index in [0.717, 1.165) is 22.3 Å². The minimum absolute atomic E-state index is 0.0771. The average Bonchev–Trinajstić information content (AvgIpc) is 3.26. The maximum atomic E-state index is 14.9. The number of nitrogens with zero attached hydrogens (tertiary/aromatic N) is 2. The Bertz CT molecular complexity index is 1370. The van der Waals surface area contributed by atoms with Crippen molar-refractivity contribution in [3.05, 3.63) is 78.1 Å². The smallest absolute Gasteiger partial charge is 0.197 e. The van der Waals surface area contributed by atoms with Crippen molar-refractivity contribution in [2.45, 2.75) is 0 Å². The van der Waals surface area contributed by atoms with E-state index >= 15 is 0 Å². The topological polar surface area (TPSA) is 38.6 Å². The van der Waals surface area contributed by atoms with Gasteiger partial charge in [0.05, 0.1) is 22.9 Å². The lowest BCUT2D eigenvalue weighted by Gasteiger charge is -2.11. The predicted molar refractivity (Wildman–Crippen MR) is 112 cm³/mol. The monoisotopic (exact) mass is 425 g/mol. The Morgan fingerprint density at radius 2 is 1.67 bits per heavy atom. The van der Waals surface area contributed by atoms with Gasteiger partial charge in [0.15, 0.2) is 4.96 Å². The maximum Gasteiger partial charge on any atom is 0.197 e. The normalized spacial score (nSPS) is 11.3. The number of para-hydroxylation sites is 1. The number of rotatable bonds is 4. The molecule has 1 N–H and O–H groups in total. The summed E-state index contributed by atoms with van der Waals surface area (Å²) >= 11 is 1.41. The molecule has 0 aliphatic carbocycles. The molecule has 5 aromatic rings. The minimum Gasteiger partial charge on any atom is -0.497 e. The SMILES string of the molecule is COc1cc(F)c(-c2nc3sc4ccccc4n3c2Nc2ccc(F)cc2)c(F)c1. The minimum atomic E-state index is -0.788. The molecule has 0 spiro atoms. The molecule has 30 heavy (non-hydrogen) atoms. The van der Waals surface area contributed by atoms with E-state index in [0.29, 0.717) is 16.5 Å². The molecule has 0 fully saturated rings. The van der Waals surface area contributed by atoms with Crippen molar-refractivity contribution in [1.82, 2.24) is 9.38 Å². The van der Waals surface area contributed by atoms with E-state index in [1.807, 2.05) is 28.7 Å². The fraction of sp³-hybridized carbons (Fsp3) is 0.0455. The molecule has 2 aromatic heterocycles. The quantitative estimate of drug-likeness (QED) is 0.363. The molecule has 150 valence electrons. The molecule has 8 heteroatoms. The van der Waals surface area contributed by atoms with Crippen molar-refractivity contribution in [2.24, 2.45) is 0 Å². The van der Waals surface area contributed by atoms with Crippen LogP contribution in [0.1, 0.15) is 0 Å². The molecular weight excluding hydrogens is 411 g/mol. The first-order chi connectivity index (χ1) is 14.5. The Morgan fingerprint density at radius 1 is 0.967 bits per heavy atom. The van der Waals surface area contributed by atoms with E-state index in [9.17, 15) is 13.2 Å². The second-order valence-electron chi connectivity index (χ2n) is 6.59. The third-order valence-corrected chi connectivity index (χ3v) is 5.77. The second kappa shape index (κ2) is 7.07. The number of benzene rings is 3. The van der Waals surface area contributed by atoms with Crippen LogP contribution in [0.3, 0.4) is 0 Å². The first-order valence-corrected chi connectivity index (χ1v) is 9.83. The lowest BCUT2D eigenvalue weighted by Crippen LogP contribution is -2.00. The van der Waals surface area contributed by atoms with Crippen LogP contribution in [0.2, 0.25) is 0 Å². The van der Waals surface area contributed by atoms with E-state index in [4.69, 9.17) is 4.74 Å². The molecule has 2 heterocycles. The summed E-state index contributed by atoms with van der Waals surface area (Å²) in [7, 11) is 1.34. The number of imidazole rings is 1. The van der Waals surface area contributed by atoms with Gasteiger partial charge in [-0.25, -0.2) is 18.2 Å². The Kier molecular flexibility index (Phi) is 4.36. The van der Waals surface area contributed by atoms with Crippen molar-refractivity contribution in [2.75, 3.05) is 12.4 Å². The fourth-order valence-corrected chi connectivity index (χ4v) is 4.40. The predicted octanol–water partition coefficient (Wildman–Crippen LogP) is 6.39. The molecule has 4 nitrogen and oxygen atoms in total. The summed E-state index contributed by atoms with van der Waals surface area (Å²) in [6.45, 7) is 0. The van der Waals surface area contributed by atoms with Crippen LogP contribution in [0.4, 0.5) is 24.7 Å². The molecule has 3 aromatic carbocycles. The summed E-state index contributed by atoms with van der Waals surface area (Å²) in [5.41, 5.74) is 1.26. The zero-order chi connectivity index (χ0) is 20.8. The Morgan fingerprint density at radius 3 is 2.37 bits per heavy atom. The zero-order valence-corrected chi connectivity index (χ0v) is 16.4. The van der Waals surface area contributed by atoms with Gasteiger partial charge in [-0.05, 0) is 36.4 Å². The molecule has 5 rings (SSSR count). The Labute approximate surface area is 173 Å². The molecule has 0 saturated carbocycles. The number of hydrogen-bond donors (Lipinski definition) is 1. The van der Waals surface area contributed by atoms with Gasteiger partial charge in [0, 0.05) is 17.8 Å². The largest absolute Gasteiger partial charge is 0.497 e. The van der Waals surface area contributed by atoms with Crippen LogP contribution in [-0.4, -0.2) is 16.5 Å². The number of thiazole rings is 1. The molecule has 0 amide bonds. The van der Waals surface area contributed by atoms with Crippen molar-refractivity contribution in [1.29, 1.82) is 0 Å². The van der Waals surface area contributed by atoms with Gasteiger partial charge in [0.25, 0.3) is 0 Å². The highest BCUT2D eigenvalue weighted by Gasteiger charge is 2.24. The van der Waals surface area contributed by atoms with Gasteiger partial charge in [0.1, 0.15) is 34.7 Å². The van der Waals surface area contributed by atoms with Crippen molar-refractivity contribution in [3.63, 3.8) is 0 Å². The standard InChI is InChI=1S/C22H14F3N3OS/c1-29-14-10-15(24)19(16(25)11-14)20-21(26-13-8-6-12(23)7-9-13)28-17-4-2-3-5-18(17)30-22(28)27-20/h2-11,26H,1H3. The molecular formula is C22H14F3N3OS. The number of anilines is 2. The number of fused-ring (bicyclic) bond motifs is 3. The second-order valence-corrected chi connectivity index (χ2v) is 7.60. The summed E-state index contributed by atoms with van der Waals surface area (Å²) in [5.74, 6) is -1.49. The number of nitrogens with one attached hydrogen (secondary N) is 1. The van der Waals surface area contributed by atoms with Gasteiger partial charge in [0.2, 0.25) is 0 Å². The highest BCUT2D eigenvalue weighted by atomic mass is 32.1. The van der Waals surface area contributed by atoms with Crippen LogP contribution in [-0.2, 0) is 0 Å². The zero-order valence-electron chi connectivity index (χ0n) is 15.6. The van der Waals surface area contributed by atoms with Crippen molar-refractivity contribution >= 4 is 38.0 Å². The van der Waals surface area contributed by atoms with Crippen molar-refractivity contribution < 1.29 is 17.9 Å². The van der Waals surface area contributed by atoms with Crippen LogP contribution in [0.25, 0.3) is 26.4 Å². The van der Waals surface area contributed by atoms with Gasteiger partial charge in [-0.1, -0.05) is 23.5 Å². The summed E-state index contributed by atoms with van der Waals surface area (Å²) in [6.07, 6.45) is 0. The van der Waals surface area contributed by atoms with Crippen LogP contribution >= 0.6 is 11.3 Å². The van der Waals surface area contributed by atoms with E-state index in [1.165, 1.54) is 30.6 Å². The summed E-state index contributed by atoms with van der Waals surface area (Å²) < 4.78 is 50.8. The molecule has 0 radical (unpaired) electrons. The number of halogens is 3. The molecule has 0 aliphatic rings. The Hall–Kier alpha value is -3.52. The Balaban J connectivity index is 1.79. The highest BCUT2D eigenvalue weighted by Crippen LogP contribution is 2.40. The van der Waals surface area contributed by atoms with Gasteiger partial charge in [-0.3, -0.25) is 4.40 Å². The van der Waals surface area contributed by atoms with E-state index in [2.05, 4.69) is 10.3 Å². The number of methoxy groups -OCH3 is 1. The molecule has 0 bridgehead atoms. The van der Waals surface area contributed by atoms with E-state index < -0.39 is 11.6 Å². The number of ether oxygens (including phenoxy) is 1. The van der Waals surface area contributed by atoms with Crippen LogP contribution < -0.4 is 10.1 Å². The summed E-state index contributed by atoms with van der Waals surface area (Å²) in [4.78, 5) is 5.11. The third-order valence-electron chi connectivity index (χ3n) is 4.75. The van der Waals surface area contributed by atoms with Gasteiger partial charge < -0.3 is 10.1 Å². The fourth-order valence-electron chi connectivity index (χ4n) is 3.37. The van der Waals surface area contributed by atoms with E-state index in [1.54, 1.807) is 12.1 Å². The number of aromatic nitrogens is 2. The van der Waals surface area contributed by atoms with E-state index in [-0.39, 0.29) is 22.8 Å². The lowest BCUT2D eigenvalue weighted by atomic mass is 10.1. The van der Waals surface area contributed by atoms with Crippen LogP contribution in [0.15, 0.2) is 60.7 Å². The molecule has 0 saturated heterocycles. The molecule has 0 atom stereocenters. The molecule has 0 aliphatic heterocycles. The third kappa shape index (κ3) is 2.96. The van der Waals surface area contributed by atoms with Crippen molar-refractivity contribution in [3.8, 4) is 17.0 Å².